The van der Waals surface area contributed by atoms with Gasteiger partial charge in [0.05, 0.1) is 6.10 Å². The van der Waals surface area contributed by atoms with E-state index in [1.54, 1.807) is 6.20 Å². The standard InChI is InChI=1S/C12H18BrNO/c1-3-9(2)6-12(15)7-11-5-4-10(13)8-14-11/h4-5,8-9,12,15H,3,6-7H2,1-2H3. The summed E-state index contributed by atoms with van der Waals surface area (Å²) < 4.78 is 0.975. The van der Waals surface area contributed by atoms with E-state index in [4.69, 9.17) is 0 Å². The van der Waals surface area contributed by atoms with Crippen molar-refractivity contribution in [1.82, 2.24) is 4.98 Å². The Hall–Kier alpha value is -0.410. The van der Waals surface area contributed by atoms with E-state index in [-0.39, 0.29) is 6.10 Å². The molecule has 1 rings (SSSR count). The molecule has 2 atom stereocenters. The lowest BCUT2D eigenvalue weighted by Crippen LogP contribution is -2.15. The number of pyridine rings is 1. The number of rotatable bonds is 5. The molecule has 0 aliphatic rings. The second-order valence-corrected chi connectivity index (χ2v) is 4.99. The van der Waals surface area contributed by atoms with Crippen molar-refractivity contribution in [3.63, 3.8) is 0 Å². The molecule has 3 heteroatoms. The van der Waals surface area contributed by atoms with Crippen molar-refractivity contribution in [3.05, 3.63) is 28.5 Å². The molecular weight excluding hydrogens is 254 g/mol. The monoisotopic (exact) mass is 271 g/mol. The first-order valence-corrected chi connectivity index (χ1v) is 6.19. The minimum absolute atomic E-state index is 0.270. The molecule has 0 saturated carbocycles. The SMILES string of the molecule is CCC(C)CC(O)Cc1ccc(Br)cn1. The maximum absolute atomic E-state index is 9.82. The summed E-state index contributed by atoms with van der Waals surface area (Å²) in [5.74, 6) is 0.579. The van der Waals surface area contributed by atoms with Crippen LogP contribution in [-0.4, -0.2) is 16.2 Å². The largest absolute Gasteiger partial charge is 0.393 e. The van der Waals surface area contributed by atoms with Gasteiger partial charge in [0.2, 0.25) is 0 Å². The van der Waals surface area contributed by atoms with Gasteiger partial charge in [0.15, 0.2) is 0 Å². The predicted molar refractivity (Wildman–Crippen MR) is 65.7 cm³/mol. The van der Waals surface area contributed by atoms with Gasteiger partial charge in [-0.2, -0.15) is 0 Å². The van der Waals surface area contributed by atoms with E-state index in [1.807, 2.05) is 12.1 Å². The van der Waals surface area contributed by atoms with Crippen molar-refractivity contribution in [1.29, 1.82) is 0 Å². The Balaban J connectivity index is 2.44. The van der Waals surface area contributed by atoms with Crippen molar-refractivity contribution in [2.75, 3.05) is 0 Å². The third-order valence-electron chi connectivity index (χ3n) is 2.60. The van der Waals surface area contributed by atoms with Gasteiger partial charge in [0, 0.05) is 22.8 Å². The second-order valence-electron chi connectivity index (χ2n) is 4.07. The van der Waals surface area contributed by atoms with Crippen LogP contribution in [0.2, 0.25) is 0 Å². The van der Waals surface area contributed by atoms with Crippen molar-refractivity contribution >= 4 is 15.9 Å². The van der Waals surface area contributed by atoms with Crippen LogP contribution in [0.3, 0.4) is 0 Å². The molecule has 0 aromatic carbocycles. The minimum Gasteiger partial charge on any atom is -0.393 e. The Kier molecular flexibility index (Phi) is 5.26. The summed E-state index contributed by atoms with van der Waals surface area (Å²) in [5.41, 5.74) is 0.953. The van der Waals surface area contributed by atoms with E-state index in [0.717, 1.165) is 23.0 Å². The van der Waals surface area contributed by atoms with Gasteiger partial charge in [-0.05, 0) is 40.4 Å². The van der Waals surface area contributed by atoms with E-state index in [2.05, 4.69) is 34.8 Å². The summed E-state index contributed by atoms with van der Waals surface area (Å²) in [6, 6.07) is 3.90. The average molecular weight is 272 g/mol. The van der Waals surface area contributed by atoms with Crippen LogP contribution in [0.4, 0.5) is 0 Å². The summed E-state index contributed by atoms with van der Waals surface area (Å²) >= 11 is 3.34. The molecule has 1 aromatic heterocycles. The van der Waals surface area contributed by atoms with Crippen LogP contribution in [-0.2, 0) is 6.42 Å². The van der Waals surface area contributed by atoms with E-state index in [1.165, 1.54) is 0 Å². The Morgan fingerprint density at radius 3 is 2.73 bits per heavy atom. The van der Waals surface area contributed by atoms with Gasteiger partial charge < -0.3 is 5.11 Å². The molecule has 2 unspecified atom stereocenters. The summed E-state index contributed by atoms with van der Waals surface area (Å²) in [5, 5.41) is 9.82. The lowest BCUT2D eigenvalue weighted by Gasteiger charge is -2.14. The van der Waals surface area contributed by atoms with E-state index < -0.39 is 0 Å². The van der Waals surface area contributed by atoms with Crippen LogP contribution in [0.1, 0.15) is 32.4 Å². The molecule has 0 saturated heterocycles. The first-order chi connectivity index (χ1) is 7.11. The van der Waals surface area contributed by atoms with Crippen molar-refractivity contribution < 1.29 is 5.11 Å². The molecule has 0 amide bonds. The number of halogens is 1. The van der Waals surface area contributed by atoms with Gasteiger partial charge in [-0.1, -0.05) is 20.3 Å². The van der Waals surface area contributed by atoms with Gasteiger partial charge in [0.25, 0.3) is 0 Å². The quantitative estimate of drug-likeness (QED) is 0.893. The fourth-order valence-electron chi connectivity index (χ4n) is 1.48. The highest BCUT2D eigenvalue weighted by molar-refractivity contribution is 9.10. The summed E-state index contributed by atoms with van der Waals surface area (Å²) in [6.07, 6.45) is 4.12. The molecule has 1 heterocycles. The van der Waals surface area contributed by atoms with Gasteiger partial charge in [0.1, 0.15) is 0 Å². The summed E-state index contributed by atoms with van der Waals surface area (Å²) in [7, 11) is 0. The van der Waals surface area contributed by atoms with Gasteiger partial charge in [-0.3, -0.25) is 4.98 Å². The van der Waals surface area contributed by atoms with E-state index in [0.29, 0.717) is 12.3 Å². The lowest BCUT2D eigenvalue weighted by molar-refractivity contribution is 0.143. The average Bonchev–Trinajstić information content (AvgIpc) is 2.21. The van der Waals surface area contributed by atoms with Crippen LogP contribution >= 0.6 is 15.9 Å². The first-order valence-electron chi connectivity index (χ1n) is 5.40. The van der Waals surface area contributed by atoms with Crippen molar-refractivity contribution in [2.24, 2.45) is 5.92 Å². The number of hydrogen-bond acceptors (Lipinski definition) is 2. The highest BCUT2D eigenvalue weighted by Gasteiger charge is 2.10. The minimum atomic E-state index is -0.270. The molecule has 0 aliphatic carbocycles. The van der Waals surface area contributed by atoms with E-state index in [9.17, 15) is 5.11 Å². The number of aliphatic hydroxyl groups excluding tert-OH is 1. The topological polar surface area (TPSA) is 33.1 Å². The van der Waals surface area contributed by atoms with Crippen molar-refractivity contribution in [3.8, 4) is 0 Å². The Labute approximate surface area is 99.9 Å². The zero-order chi connectivity index (χ0) is 11.3. The molecule has 1 aromatic rings. The third-order valence-corrected chi connectivity index (χ3v) is 3.07. The normalized spacial score (nSPS) is 14.9. The number of aliphatic hydroxyl groups is 1. The van der Waals surface area contributed by atoms with E-state index >= 15 is 0 Å². The Bertz CT molecular complexity index is 286. The maximum Gasteiger partial charge on any atom is 0.0598 e. The van der Waals surface area contributed by atoms with Crippen LogP contribution in [0, 0.1) is 5.92 Å². The molecule has 0 radical (unpaired) electrons. The molecule has 2 nitrogen and oxygen atoms in total. The third kappa shape index (κ3) is 4.76. The number of aromatic nitrogens is 1. The Morgan fingerprint density at radius 1 is 1.47 bits per heavy atom. The fraction of sp³-hybridized carbons (Fsp3) is 0.583. The van der Waals surface area contributed by atoms with Crippen LogP contribution in [0.15, 0.2) is 22.8 Å². The molecule has 15 heavy (non-hydrogen) atoms. The smallest absolute Gasteiger partial charge is 0.0598 e. The molecular formula is C12H18BrNO. The van der Waals surface area contributed by atoms with Gasteiger partial charge in [-0.15, -0.1) is 0 Å². The fourth-order valence-corrected chi connectivity index (χ4v) is 1.72. The molecule has 0 bridgehead atoms. The zero-order valence-corrected chi connectivity index (χ0v) is 10.9. The summed E-state index contributed by atoms with van der Waals surface area (Å²) in [6.45, 7) is 4.31. The summed E-state index contributed by atoms with van der Waals surface area (Å²) in [4.78, 5) is 4.24. The zero-order valence-electron chi connectivity index (χ0n) is 9.28. The molecule has 1 N–H and O–H groups in total. The second kappa shape index (κ2) is 6.23. The lowest BCUT2D eigenvalue weighted by atomic mass is 9.98. The first kappa shape index (κ1) is 12.7. The molecule has 0 aliphatic heterocycles. The Morgan fingerprint density at radius 2 is 2.20 bits per heavy atom. The molecule has 84 valence electrons. The predicted octanol–water partition coefficient (Wildman–Crippen LogP) is 3.18. The van der Waals surface area contributed by atoms with Gasteiger partial charge in [-0.25, -0.2) is 0 Å². The van der Waals surface area contributed by atoms with Crippen LogP contribution in [0.5, 0.6) is 0 Å². The number of nitrogens with zero attached hydrogens (tertiary/aromatic N) is 1. The molecule has 0 spiro atoms. The highest BCUT2D eigenvalue weighted by atomic mass is 79.9. The molecule has 0 fully saturated rings. The van der Waals surface area contributed by atoms with Crippen LogP contribution in [0.25, 0.3) is 0 Å². The highest BCUT2D eigenvalue weighted by Crippen LogP contribution is 2.14. The van der Waals surface area contributed by atoms with Gasteiger partial charge >= 0.3 is 0 Å². The maximum atomic E-state index is 9.82. The number of hydrogen-bond donors (Lipinski definition) is 1. The van der Waals surface area contributed by atoms with Crippen molar-refractivity contribution in [2.45, 2.75) is 39.2 Å². The van der Waals surface area contributed by atoms with Crippen LogP contribution < -0.4 is 0 Å².